The Morgan fingerprint density at radius 1 is 1.04 bits per heavy atom. The average molecular weight is 355 g/mol. The number of hydrogen-bond acceptors (Lipinski definition) is 5. The summed E-state index contributed by atoms with van der Waals surface area (Å²) >= 11 is 0. The number of hydrogen-bond donors (Lipinski definition) is 1. The molecule has 2 atom stereocenters. The zero-order valence-electron chi connectivity index (χ0n) is 14.9. The number of carbonyl (C=O) groups excluding carboxylic acids is 1. The van der Waals surface area contributed by atoms with Gasteiger partial charge < -0.3 is 15.1 Å². The van der Waals surface area contributed by atoms with Crippen LogP contribution in [-0.4, -0.2) is 63.0 Å². The molecule has 0 radical (unpaired) electrons. The molecule has 2 aromatic rings. The van der Waals surface area contributed by atoms with Crippen LogP contribution in [0, 0.1) is 11.8 Å². The molecule has 1 saturated carbocycles. The second kappa shape index (κ2) is 6.41. The Morgan fingerprint density at radius 3 is 2.58 bits per heavy atom. The van der Waals surface area contributed by atoms with E-state index in [-0.39, 0.29) is 6.03 Å². The van der Waals surface area contributed by atoms with Crippen LogP contribution in [0.25, 0.3) is 5.65 Å². The summed E-state index contributed by atoms with van der Waals surface area (Å²) in [6.45, 7) is 3.63. The van der Waals surface area contributed by atoms with Crippen LogP contribution in [0.4, 0.5) is 10.6 Å². The van der Waals surface area contributed by atoms with Gasteiger partial charge in [0, 0.05) is 44.1 Å². The van der Waals surface area contributed by atoms with Gasteiger partial charge in [-0.1, -0.05) is 19.3 Å². The highest BCUT2D eigenvalue weighted by Crippen LogP contribution is 2.33. The Morgan fingerprint density at radius 2 is 1.81 bits per heavy atom. The highest BCUT2D eigenvalue weighted by Gasteiger charge is 2.42. The number of likely N-dealkylation sites (tertiary alicyclic amines) is 1. The van der Waals surface area contributed by atoms with Gasteiger partial charge in [0.05, 0.1) is 0 Å². The van der Waals surface area contributed by atoms with Crippen molar-refractivity contribution >= 4 is 17.5 Å². The number of carbonyl (C=O) groups is 1. The molecular weight excluding hydrogens is 330 g/mol. The number of fused-ring (bicyclic) bond motifs is 2. The summed E-state index contributed by atoms with van der Waals surface area (Å²) in [5.41, 5.74) is 0.763. The van der Waals surface area contributed by atoms with Gasteiger partial charge in [-0.05, 0) is 25.0 Å². The van der Waals surface area contributed by atoms with E-state index in [4.69, 9.17) is 0 Å². The van der Waals surface area contributed by atoms with Crippen LogP contribution in [0.2, 0.25) is 0 Å². The van der Waals surface area contributed by atoms with Gasteiger partial charge in [0.15, 0.2) is 5.65 Å². The van der Waals surface area contributed by atoms with Gasteiger partial charge in [-0.15, -0.1) is 15.3 Å². The monoisotopic (exact) mass is 355 g/mol. The van der Waals surface area contributed by atoms with E-state index in [9.17, 15) is 4.79 Å². The van der Waals surface area contributed by atoms with E-state index in [0.29, 0.717) is 17.9 Å². The van der Waals surface area contributed by atoms with Crippen LogP contribution < -0.4 is 10.2 Å². The summed E-state index contributed by atoms with van der Waals surface area (Å²) in [6, 6.07) is 4.49. The highest BCUT2D eigenvalue weighted by atomic mass is 16.2. The third-order valence-corrected chi connectivity index (χ3v) is 6.18. The lowest BCUT2D eigenvalue weighted by Crippen LogP contribution is -2.45. The lowest BCUT2D eigenvalue weighted by atomic mass is 9.96. The molecule has 8 nitrogen and oxygen atoms in total. The normalized spacial score (nSPS) is 26.5. The fourth-order valence-corrected chi connectivity index (χ4v) is 4.75. The second-order valence-electron chi connectivity index (χ2n) is 7.94. The molecule has 26 heavy (non-hydrogen) atoms. The Bertz CT molecular complexity index is 786. The largest absolute Gasteiger partial charge is 0.354 e. The molecule has 0 bridgehead atoms. The molecular formula is C18H25N7O. The molecule has 2 aliphatic heterocycles. The number of anilines is 1. The van der Waals surface area contributed by atoms with E-state index >= 15 is 0 Å². The van der Waals surface area contributed by atoms with Gasteiger partial charge in [0.2, 0.25) is 0 Å². The van der Waals surface area contributed by atoms with Gasteiger partial charge in [-0.2, -0.15) is 4.52 Å². The first-order valence-electron chi connectivity index (χ1n) is 9.74. The third-order valence-electron chi connectivity index (χ3n) is 6.18. The number of aromatic nitrogens is 4. The molecule has 2 amide bonds. The number of nitrogens with zero attached hydrogens (tertiary/aromatic N) is 6. The maximum Gasteiger partial charge on any atom is 0.317 e. The van der Waals surface area contributed by atoms with E-state index in [2.05, 4.69) is 25.5 Å². The fourth-order valence-electron chi connectivity index (χ4n) is 4.75. The second-order valence-corrected chi connectivity index (χ2v) is 7.94. The molecule has 1 N–H and O–H groups in total. The van der Waals surface area contributed by atoms with Gasteiger partial charge in [0.25, 0.3) is 0 Å². The highest BCUT2D eigenvalue weighted by molar-refractivity contribution is 5.75. The van der Waals surface area contributed by atoms with E-state index in [0.717, 1.165) is 50.5 Å². The van der Waals surface area contributed by atoms with Crippen molar-refractivity contribution in [3.63, 3.8) is 0 Å². The zero-order valence-corrected chi connectivity index (χ0v) is 14.9. The molecule has 3 aliphatic rings. The molecule has 138 valence electrons. The molecule has 2 aromatic heterocycles. The molecule has 2 saturated heterocycles. The number of urea groups is 1. The summed E-state index contributed by atoms with van der Waals surface area (Å²) < 4.78 is 1.72. The summed E-state index contributed by atoms with van der Waals surface area (Å²) in [6.07, 6.45) is 7.71. The molecule has 1 aliphatic carbocycles. The average Bonchev–Trinajstić information content (AvgIpc) is 3.36. The van der Waals surface area contributed by atoms with Gasteiger partial charge in [-0.3, -0.25) is 0 Å². The van der Waals surface area contributed by atoms with E-state index in [1.165, 1.54) is 19.3 Å². The van der Waals surface area contributed by atoms with Crippen molar-refractivity contribution in [2.24, 2.45) is 11.8 Å². The minimum absolute atomic E-state index is 0.141. The summed E-state index contributed by atoms with van der Waals surface area (Å²) in [4.78, 5) is 16.9. The zero-order chi connectivity index (χ0) is 17.5. The maximum absolute atomic E-state index is 12.6. The summed E-state index contributed by atoms with van der Waals surface area (Å²) in [5, 5.41) is 15.7. The van der Waals surface area contributed by atoms with Crippen molar-refractivity contribution in [3.8, 4) is 0 Å². The molecule has 0 aromatic carbocycles. The first-order valence-corrected chi connectivity index (χ1v) is 9.74. The molecule has 2 unspecified atom stereocenters. The number of amides is 2. The lowest BCUT2D eigenvalue weighted by molar-refractivity contribution is 0.197. The molecule has 4 heterocycles. The van der Waals surface area contributed by atoms with Crippen LogP contribution >= 0.6 is 0 Å². The van der Waals surface area contributed by atoms with Gasteiger partial charge >= 0.3 is 6.03 Å². The fraction of sp³-hybridized carbons (Fsp3) is 0.667. The Balaban J connectivity index is 1.19. The predicted octanol–water partition coefficient (Wildman–Crippen LogP) is 1.53. The maximum atomic E-state index is 12.6. The van der Waals surface area contributed by atoms with E-state index < -0.39 is 0 Å². The molecule has 5 rings (SSSR count). The minimum atomic E-state index is 0.141. The molecule has 8 heteroatoms. The van der Waals surface area contributed by atoms with Crippen LogP contribution in [0.5, 0.6) is 0 Å². The predicted molar refractivity (Wildman–Crippen MR) is 97.0 cm³/mol. The topological polar surface area (TPSA) is 78.7 Å². The number of nitrogens with one attached hydrogen (secondary N) is 1. The molecule has 0 spiro atoms. The van der Waals surface area contributed by atoms with Crippen molar-refractivity contribution in [2.75, 3.05) is 31.1 Å². The number of rotatable bonds is 2. The van der Waals surface area contributed by atoms with Crippen molar-refractivity contribution in [2.45, 2.75) is 38.1 Å². The standard InChI is InChI=1S/C18H25N7O/c26-18(20-15-4-2-1-3-5-15)24-10-13-8-23(9-14(13)11-24)17-7-6-16-21-19-12-25(16)22-17/h6-7,12-15H,1-5,8-11H2,(H,20,26). The SMILES string of the molecule is O=C(NC1CCCCC1)N1CC2CN(c3ccc4nncn4n3)CC2C1. The molecule has 3 fully saturated rings. The van der Waals surface area contributed by atoms with Gasteiger partial charge in [-0.25, -0.2) is 4.79 Å². The van der Waals surface area contributed by atoms with Crippen molar-refractivity contribution < 1.29 is 4.79 Å². The Hall–Kier alpha value is -2.38. The lowest BCUT2D eigenvalue weighted by Gasteiger charge is -2.27. The van der Waals surface area contributed by atoms with Crippen LogP contribution in [0.3, 0.4) is 0 Å². The summed E-state index contributed by atoms with van der Waals surface area (Å²) in [5.74, 6) is 2.03. The first kappa shape index (κ1) is 15.8. The van der Waals surface area contributed by atoms with Crippen LogP contribution in [0.15, 0.2) is 18.5 Å². The first-order chi connectivity index (χ1) is 12.8. The minimum Gasteiger partial charge on any atom is -0.354 e. The van der Waals surface area contributed by atoms with Crippen LogP contribution in [-0.2, 0) is 0 Å². The van der Waals surface area contributed by atoms with E-state index in [1.54, 1.807) is 10.8 Å². The van der Waals surface area contributed by atoms with Crippen molar-refractivity contribution in [3.05, 3.63) is 18.5 Å². The quantitative estimate of drug-likeness (QED) is 0.884. The van der Waals surface area contributed by atoms with Crippen LogP contribution in [0.1, 0.15) is 32.1 Å². The summed E-state index contributed by atoms with van der Waals surface area (Å²) in [7, 11) is 0. The van der Waals surface area contributed by atoms with Crippen molar-refractivity contribution in [1.29, 1.82) is 0 Å². The third kappa shape index (κ3) is 2.87. The Labute approximate surface area is 152 Å². The van der Waals surface area contributed by atoms with E-state index in [1.807, 2.05) is 17.0 Å². The Kier molecular flexibility index (Phi) is 3.90. The van der Waals surface area contributed by atoms with Crippen molar-refractivity contribution in [1.82, 2.24) is 30.0 Å². The van der Waals surface area contributed by atoms with Gasteiger partial charge in [0.1, 0.15) is 12.1 Å². The smallest absolute Gasteiger partial charge is 0.317 e.